The molecule has 0 bridgehead atoms. The van der Waals surface area contributed by atoms with Gasteiger partial charge in [0.15, 0.2) is 0 Å². The largest absolute Gasteiger partial charge is 0.0885 e. The molecule has 0 spiro atoms. The molecule has 0 nitrogen and oxygen atoms in total. The quantitative estimate of drug-likeness (QED) is 0.397. The van der Waals surface area contributed by atoms with Gasteiger partial charge in [-0.1, -0.05) is 51.0 Å². The Bertz CT molecular complexity index is 109. The molecule has 0 radical (unpaired) electrons. The molecule has 0 amide bonds. The van der Waals surface area contributed by atoms with Crippen LogP contribution in [0.4, 0.5) is 0 Å². The molecule has 11 heavy (non-hydrogen) atoms. The number of hydrogen-bond donors (Lipinski definition) is 0. The van der Waals surface area contributed by atoms with Crippen LogP contribution in [0.25, 0.3) is 0 Å². The second-order valence-electron chi connectivity index (χ2n) is 2.73. The number of rotatable bonds is 6. The number of hydrogen-bond acceptors (Lipinski definition) is 0. The highest BCUT2D eigenvalue weighted by Gasteiger charge is 1.76. The summed E-state index contributed by atoms with van der Waals surface area (Å²) >= 11 is 0. The van der Waals surface area contributed by atoms with Crippen LogP contribution in [0.1, 0.15) is 46.0 Å². The third kappa shape index (κ3) is 9.48. The standard InChI is InChI=1S/C11H20/c1-3-5-7-9-11-10-8-6-4-2/h5,7,10-11H,3-4,6,8-9H2,1-2H3/b7-5+,11-10+. The van der Waals surface area contributed by atoms with Crippen molar-refractivity contribution in [2.45, 2.75) is 46.0 Å². The molecule has 0 aliphatic heterocycles. The van der Waals surface area contributed by atoms with Gasteiger partial charge in [0.1, 0.15) is 0 Å². The van der Waals surface area contributed by atoms with Crippen molar-refractivity contribution < 1.29 is 0 Å². The Morgan fingerprint density at radius 3 is 2.27 bits per heavy atom. The van der Waals surface area contributed by atoms with Gasteiger partial charge < -0.3 is 0 Å². The maximum absolute atomic E-state index is 2.28. The Morgan fingerprint density at radius 2 is 1.64 bits per heavy atom. The van der Waals surface area contributed by atoms with Gasteiger partial charge in [0, 0.05) is 0 Å². The van der Waals surface area contributed by atoms with Gasteiger partial charge in [-0.15, -0.1) is 0 Å². The van der Waals surface area contributed by atoms with Crippen molar-refractivity contribution in [1.82, 2.24) is 0 Å². The molecule has 0 aromatic heterocycles. The molecule has 0 rings (SSSR count). The first kappa shape index (κ1) is 10.5. The zero-order valence-electron chi connectivity index (χ0n) is 7.84. The lowest BCUT2D eigenvalue weighted by Crippen LogP contribution is -1.66. The first-order valence-corrected chi connectivity index (χ1v) is 4.71. The normalized spacial score (nSPS) is 11.8. The Balaban J connectivity index is 3.09. The second-order valence-corrected chi connectivity index (χ2v) is 2.73. The summed E-state index contributed by atoms with van der Waals surface area (Å²) in [4.78, 5) is 0. The van der Waals surface area contributed by atoms with Crippen LogP contribution in [0.5, 0.6) is 0 Å². The van der Waals surface area contributed by atoms with Crippen molar-refractivity contribution in [2.24, 2.45) is 0 Å². The summed E-state index contributed by atoms with van der Waals surface area (Å²) in [6.45, 7) is 4.39. The summed E-state index contributed by atoms with van der Waals surface area (Å²) in [6, 6.07) is 0. The molecule has 0 aromatic rings. The molecule has 0 aromatic carbocycles. The van der Waals surface area contributed by atoms with E-state index in [2.05, 4.69) is 38.2 Å². The van der Waals surface area contributed by atoms with Gasteiger partial charge >= 0.3 is 0 Å². The zero-order chi connectivity index (χ0) is 8.36. The van der Waals surface area contributed by atoms with E-state index < -0.39 is 0 Å². The lowest BCUT2D eigenvalue weighted by atomic mass is 10.2. The smallest absolute Gasteiger partial charge is 0.0169 e. The van der Waals surface area contributed by atoms with E-state index in [0.29, 0.717) is 0 Å². The molecule has 0 saturated heterocycles. The highest BCUT2D eigenvalue weighted by Crippen LogP contribution is 1.96. The predicted octanol–water partition coefficient (Wildman–Crippen LogP) is 4.09. The summed E-state index contributed by atoms with van der Waals surface area (Å²) in [7, 11) is 0. The summed E-state index contributed by atoms with van der Waals surface area (Å²) < 4.78 is 0. The van der Waals surface area contributed by atoms with Crippen molar-refractivity contribution in [3.63, 3.8) is 0 Å². The molecule has 0 saturated carbocycles. The van der Waals surface area contributed by atoms with E-state index >= 15 is 0 Å². The van der Waals surface area contributed by atoms with Crippen LogP contribution in [0.2, 0.25) is 0 Å². The zero-order valence-corrected chi connectivity index (χ0v) is 7.84. The minimum atomic E-state index is 1.11. The number of unbranched alkanes of at least 4 members (excludes halogenated alkanes) is 2. The van der Waals surface area contributed by atoms with Crippen molar-refractivity contribution in [2.75, 3.05) is 0 Å². The Hall–Kier alpha value is -0.520. The van der Waals surface area contributed by atoms with Gasteiger partial charge in [0.05, 0.1) is 0 Å². The SMILES string of the molecule is CC/C=C/C/C=C/CCCC. The van der Waals surface area contributed by atoms with Crippen LogP contribution in [-0.4, -0.2) is 0 Å². The van der Waals surface area contributed by atoms with E-state index in [9.17, 15) is 0 Å². The van der Waals surface area contributed by atoms with Crippen LogP contribution < -0.4 is 0 Å². The van der Waals surface area contributed by atoms with E-state index in [1.165, 1.54) is 19.3 Å². The average Bonchev–Trinajstić information content (AvgIpc) is 2.03. The maximum Gasteiger partial charge on any atom is -0.0169 e. The molecular formula is C11H20. The third-order valence-corrected chi connectivity index (χ3v) is 1.57. The summed E-state index contributed by atoms with van der Waals surface area (Å²) in [5, 5.41) is 0. The van der Waals surface area contributed by atoms with Crippen molar-refractivity contribution >= 4 is 0 Å². The van der Waals surface area contributed by atoms with E-state index in [-0.39, 0.29) is 0 Å². The molecule has 0 fully saturated rings. The van der Waals surface area contributed by atoms with Crippen molar-refractivity contribution in [1.29, 1.82) is 0 Å². The van der Waals surface area contributed by atoms with Crippen LogP contribution in [0, 0.1) is 0 Å². The first-order valence-electron chi connectivity index (χ1n) is 4.71. The van der Waals surface area contributed by atoms with Gasteiger partial charge in [-0.05, 0) is 19.3 Å². The van der Waals surface area contributed by atoms with Crippen molar-refractivity contribution in [3.8, 4) is 0 Å². The molecular weight excluding hydrogens is 132 g/mol. The highest BCUT2D eigenvalue weighted by atomic mass is 13.8. The molecule has 0 heteroatoms. The first-order chi connectivity index (χ1) is 5.41. The van der Waals surface area contributed by atoms with E-state index in [0.717, 1.165) is 12.8 Å². The highest BCUT2D eigenvalue weighted by molar-refractivity contribution is 4.92. The van der Waals surface area contributed by atoms with Gasteiger partial charge in [0.25, 0.3) is 0 Å². The van der Waals surface area contributed by atoms with E-state index in [1.54, 1.807) is 0 Å². The van der Waals surface area contributed by atoms with Crippen LogP contribution >= 0.6 is 0 Å². The predicted molar refractivity (Wildman–Crippen MR) is 52.7 cm³/mol. The monoisotopic (exact) mass is 152 g/mol. The maximum atomic E-state index is 2.28. The topological polar surface area (TPSA) is 0 Å². The fourth-order valence-electron chi connectivity index (χ4n) is 0.878. The summed E-state index contributed by atoms with van der Waals surface area (Å²) in [6.07, 6.45) is 15.1. The lowest BCUT2D eigenvalue weighted by molar-refractivity contribution is 0.813. The minimum absolute atomic E-state index is 1.11. The minimum Gasteiger partial charge on any atom is -0.0885 e. The Kier molecular flexibility index (Phi) is 9.03. The van der Waals surface area contributed by atoms with Crippen LogP contribution in [0.3, 0.4) is 0 Å². The Morgan fingerprint density at radius 1 is 0.909 bits per heavy atom. The fourth-order valence-corrected chi connectivity index (χ4v) is 0.878. The molecule has 0 heterocycles. The summed E-state index contributed by atoms with van der Waals surface area (Å²) in [5.41, 5.74) is 0. The fraction of sp³-hybridized carbons (Fsp3) is 0.636. The number of allylic oxidation sites excluding steroid dienone is 4. The lowest BCUT2D eigenvalue weighted by Gasteiger charge is -1.86. The molecule has 0 N–H and O–H groups in total. The summed E-state index contributed by atoms with van der Waals surface area (Å²) in [5.74, 6) is 0. The molecule has 0 unspecified atom stereocenters. The third-order valence-electron chi connectivity index (χ3n) is 1.57. The Labute approximate surface area is 71.0 Å². The van der Waals surface area contributed by atoms with E-state index in [1.807, 2.05) is 0 Å². The van der Waals surface area contributed by atoms with Crippen LogP contribution in [-0.2, 0) is 0 Å². The molecule has 64 valence electrons. The van der Waals surface area contributed by atoms with Gasteiger partial charge in [0.2, 0.25) is 0 Å². The van der Waals surface area contributed by atoms with Crippen LogP contribution in [0.15, 0.2) is 24.3 Å². The van der Waals surface area contributed by atoms with Gasteiger partial charge in [-0.2, -0.15) is 0 Å². The molecule has 0 atom stereocenters. The van der Waals surface area contributed by atoms with Gasteiger partial charge in [-0.3, -0.25) is 0 Å². The molecule has 0 aliphatic rings. The van der Waals surface area contributed by atoms with Gasteiger partial charge in [-0.25, -0.2) is 0 Å². The molecule has 0 aliphatic carbocycles. The second kappa shape index (κ2) is 9.48. The van der Waals surface area contributed by atoms with E-state index in [4.69, 9.17) is 0 Å². The average molecular weight is 152 g/mol. The van der Waals surface area contributed by atoms with Crippen molar-refractivity contribution in [3.05, 3.63) is 24.3 Å².